The van der Waals surface area contributed by atoms with Crippen molar-refractivity contribution < 1.29 is 14.5 Å². The Kier molecular flexibility index (Phi) is 5.14. The van der Waals surface area contributed by atoms with E-state index in [2.05, 4.69) is 5.32 Å². The standard InChI is InChI=1S/C19H16ClN3O4/c1-12-15(6-5-7-16(12)23(25)26)21-19(24)13-10-14(20)17(11-18(13)27-2)22-8-3-4-9-22/h3-11H,1-2H3,(H,21,24). The van der Waals surface area contributed by atoms with Crippen LogP contribution in [-0.2, 0) is 0 Å². The molecule has 1 aromatic heterocycles. The van der Waals surface area contributed by atoms with Crippen molar-refractivity contribution in [2.45, 2.75) is 6.92 Å². The van der Waals surface area contributed by atoms with Gasteiger partial charge in [0.05, 0.1) is 39.6 Å². The molecule has 7 nitrogen and oxygen atoms in total. The molecule has 27 heavy (non-hydrogen) atoms. The molecule has 0 unspecified atom stereocenters. The minimum Gasteiger partial charge on any atom is -0.496 e. The Morgan fingerprint density at radius 3 is 2.56 bits per heavy atom. The van der Waals surface area contributed by atoms with Crippen LogP contribution in [0.15, 0.2) is 54.9 Å². The highest BCUT2D eigenvalue weighted by atomic mass is 35.5. The maximum atomic E-state index is 12.8. The van der Waals surface area contributed by atoms with Crippen LogP contribution in [0.4, 0.5) is 11.4 Å². The van der Waals surface area contributed by atoms with Crippen LogP contribution < -0.4 is 10.1 Å². The molecular weight excluding hydrogens is 370 g/mol. The molecule has 0 bridgehead atoms. The lowest BCUT2D eigenvalue weighted by Crippen LogP contribution is -2.15. The predicted molar refractivity (Wildman–Crippen MR) is 103 cm³/mol. The fourth-order valence-electron chi connectivity index (χ4n) is 2.73. The Balaban J connectivity index is 1.97. The van der Waals surface area contributed by atoms with Crippen molar-refractivity contribution in [3.63, 3.8) is 0 Å². The minimum atomic E-state index is -0.492. The zero-order valence-corrected chi connectivity index (χ0v) is 15.4. The average molecular weight is 386 g/mol. The molecule has 0 spiro atoms. The van der Waals surface area contributed by atoms with Crippen LogP contribution in [0.3, 0.4) is 0 Å². The van der Waals surface area contributed by atoms with Crippen LogP contribution in [0.5, 0.6) is 5.75 Å². The maximum absolute atomic E-state index is 12.8. The molecule has 0 aliphatic rings. The fourth-order valence-corrected chi connectivity index (χ4v) is 2.99. The smallest absolute Gasteiger partial charge is 0.274 e. The number of methoxy groups -OCH3 is 1. The van der Waals surface area contributed by atoms with E-state index in [0.29, 0.717) is 27.7 Å². The summed E-state index contributed by atoms with van der Waals surface area (Å²) in [6, 6.07) is 11.4. The zero-order valence-electron chi connectivity index (χ0n) is 14.6. The summed E-state index contributed by atoms with van der Waals surface area (Å²) >= 11 is 6.35. The van der Waals surface area contributed by atoms with Crippen LogP contribution in [0.1, 0.15) is 15.9 Å². The topological polar surface area (TPSA) is 86.4 Å². The molecule has 0 fully saturated rings. The van der Waals surface area contributed by atoms with Gasteiger partial charge in [0, 0.05) is 24.5 Å². The highest BCUT2D eigenvalue weighted by molar-refractivity contribution is 6.33. The summed E-state index contributed by atoms with van der Waals surface area (Å²) in [5, 5.41) is 14.1. The third kappa shape index (κ3) is 3.63. The number of hydrogen-bond acceptors (Lipinski definition) is 4. The van der Waals surface area contributed by atoms with Gasteiger partial charge in [-0.3, -0.25) is 14.9 Å². The molecule has 1 heterocycles. The van der Waals surface area contributed by atoms with Crippen molar-refractivity contribution in [1.29, 1.82) is 0 Å². The largest absolute Gasteiger partial charge is 0.496 e. The molecular formula is C19H16ClN3O4. The summed E-state index contributed by atoms with van der Waals surface area (Å²) in [6.07, 6.45) is 3.65. The van der Waals surface area contributed by atoms with Gasteiger partial charge in [-0.15, -0.1) is 0 Å². The number of aromatic nitrogens is 1. The third-order valence-corrected chi connectivity index (χ3v) is 4.45. The molecule has 0 aliphatic heterocycles. The van der Waals surface area contributed by atoms with Gasteiger partial charge in [-0.25, -0.2) is 0 Å². The second-order valence-corrected chi connectivity index (χ2v) is 6.16. The number of nitro benzene ring substituents is 1. The van der Waals surface area contributed by atoms with Gasteiger partial charge in [0.15, 0.2) is 0 Å². The van der Waals surface area contributed by atoms with Gasteiger partial charge in [0.25, 0.3) is 11.6 Å². The van der Waals surface area contributed by atoms with E-state index in [1.807, 2.05) is 24.5 Å². The van der Waals surface area contributed by atoms with Gasteiger partial charge < -0.3 is 14.6 Å². The number of carbonyl (C=O) groups excluding carboxylic acids is 1. The van der Waals surface area contributed by atoms with E-state index in [1.54, 1.807) is 23.6 Å². The molecule has 0 atom stereocenters. The van der Waals surface area contributed by atoms with Crippen molar-refractivity contribution >= 4 is 28.9 Å². The Morgan fingerprint density at radius 1 is 1.22 bits per heavy atom. The van der Waals surface area contributed by atoms with Crippen molar-refractivity contribution in [2.24, 2.45) is 0 Å². The Morgan fingerprint density at radius 2 is 1.93 bits per heavy atom. The van der Waals surface area contributed by atoms with Crippen LogP contribution in [0.25, 0.3) is 5.69 Å². The fraction of sp³-hybridized carbons (Fsp3) is 0.105. The molecule has 0 radical (unpaired) electrons. The van der Waals surface area contributed by atoms with E-state index in [-0.39, 0.29) is 11.3 Å². The molecule has 8 heteroatoms. The summed E-state index contributed by atoms with van der Waals surface area (Å²) < 4.78 is 7.15. The van der Waals surface area contributed by atoms with Crippen molar-refractivity contribution in [3.8, 4) is 11.4 Å². The highest BCUT2D eigenvalue weighted by Gasteiger charge is 2.19. The summed E-state index contributed by atoms with van der Waals surface area (Å²) in [6.45, 7) is 1.58. The Bertz CT molecular complexity index is 1020. The SMILES string of the molecule is COc1cc(-n2cccc2)c(Cl)cc1C(=O)Nc1cccc([N+](=O)[O-])c1C. The quantitative estimate of drug-likeness (QED) is 0.513. The van der Waals surface area contributed by atoms with Gasteiger partial charge >= 0.3 is 0 Å². The molecule has 2 aromatic carbocycles. The Hall–Kier alpha value is -3.32. The van der Waals surface area contributed by atoms with E-state index in [9.17, 15) is 14.9 Å². The molecule has 138 valence electrons. The van der Waals surface area contributed by atoms with Gasteiger partial charge in [-0.1, -0.05) is 17.7 Å². The molecule has 0 aliphatic carbocycles. The van der Waals surface area contributed by atoms with Crippen LogP contribution in [0.2, 0.25) is 5.02 Å². The van der Waals surface area contributed by atoms with E-state index in [1.165, 1.54) is 25.3 Å². The number of amides is 1. The monoisotopic (exact) mass is 385 g/mol. The van der Waals surface area contributed by atoms with Crippen molar-refractivity contribution in [2.75, 3.05) is 12.4 Å². The lowest BCUT2D eigenvalue weighted by atomic mass is 10.1. The number of ether oxygens (including phenoxy) is 1. The van der Waals surface area contributed by atoms with Gasteiger partial charge in [-0.05, 0) is 31.2 Å². The summed E-state index contributed by atoms with van der Waals surface area (Å²) in [7, 11) is 1.46. The first-order valence-corrected chi connectivity index (χ1v) is 8.36. The van der Waals surface area contributed by atoms with Crippen LogP contribution >= 0.6 is 11.6 Å². The number of anilines is 1. The van der Waals surface area contributed by atoms with E-state index in [0.717, 1.165) is 0 Å². The predicted octanol–water partition coefficient (Wildman–Crippen LogP) is 4.61. The van der Waals surface area contributed by atoms with Crippen molar-refractivity contribution in [1.82, 2.24) is 4.57 Å². The highest BCUT2D eigenvalue weighted by Crippen LogP contribution is 2.31. The normalized spacial score (nSPS) is 10.5. The van der Waals surface area contributed by atoms with Gasteiger partial charge in [0.1, 0.15) is 5.75 Å². The Labute approximate surface area is 160 Å². The number of rotatable bonds is 5. The molecule has 1 amide bonds. The first-order chi connectivity index (χ1) is 12.9. The average Bonchev–Trinajstić information content (AvgIpc) is 3.17. The number of nitro groups is 1. The number of nitrogens with zero attached hydrogens (tertiary/aromatic N) is 2. The van der Waals surface area contributed by atoms with E-state index in [4.69, 9.17) is 16.3 Å². The van der Waals surface area contributed by atoms with E-state index < -0.39 is 10.8 Å². The second-order valence-electron chi connectivity index (χ2n) is 5.76. The molecule has 0 saturated heterocycles. The molecule has 1 N–H and O–H groups in total. The van der Waals surface area contributed by atoms with Crippen LogP contribution in [0, 0.1) is 17.0 Å². The van der Waals surface area contributed by atoms with Gasteiger partial charge in [-0.2, -0.15) is 0 Å². The number of nitrogens with one attached hydrogen (secondary N) is 1. The number of halogens is 1. The molecule has 0 saturated carbocycles. The first kappa shape index (κ1) is 18.5. The number of benzene rings is 2. The molecule has 3 aromatic rings. The minimum absolute atomic E-state index is 0.0687. The summed E-state index contributed by atoms with van der Waals surface area (Å²) in [5.41, 5.74) is 1.54. The third-order valence-electron chi connectivity index (χ3n) is 4.15. The van der Waals surface area contributed by atoms with Gasteiger partial charge in [0.2, 0.25) is 0 Å². The number of carbonyl (C=O) groups is 1. The summed E-state index contributed by atoms with van der Waals surface area (Å²) in [5.74, 6) is -0.139. The van der Waals surface area contributed by atoms with Crippen molar-refractivity contribution in [3.05, 3.63) is 81.1 Å². The lowest BCUT2D eigenvalue weighted by Gasteiger charge is -2.14. The second kappa shape index (κ2) is 7.51. The first-order valence-electron chi connectivity index (χ1n) is 7.98. The zero-order chi connectivity index (χ0) is 19.6. The molecule has 3 rings (SSSR count). The maximum Gasteiger partial charge on any atom is 0.274 e. The van der Waals surface area contributed by atoms with E-state index >= 15 is 0 Å². The lowest BCUT2D eigenvalue weighted by molar-refractivity contribution is -0.385. The summed E-state index contributed by atoms with van der Waals surface area (Å²) in [4.78, 5) is 23.3. The number of hydrogen-bond donors (Lipinski definition) is 1. The van der Waals surface area contributed by atoms with Crippen LogP contribution in [-0.4, -0.2) is 22.5 Å².